The highest BCUT2D eigenvalue weighted by Crippen LogP contribution is 2.35. The molecule has 3 rings (SSSR count). The number of fused-ring (bicyclic) bond motifs is 1. The molecule has 2 aromatic rings. The molecule has 6 heteroatoms. The van der Waals surface area contributed by atoms with Gasteiger partial charge in [0.25, 0.3) is 5.91 Å². The maximum absolute atomic E-state index is 12.6. The van der Waals surface area contributed by atoms with Gasteiger partial charge in [0.2, 0.25) is 0 Å². The first kappa shape index (κ1) is 16.6. The zero-order valence-electron chi connectivity index (χ0n) is 13.1. The molecule has 0 N–H and O–H groups in total. The van der Waals surface area contributed by atoms with Crippen LogP contribution in [0, 0.1) is 0 Å². The molecule has 0 radical (unpaired) electrons. The number of esters is 1. The molecule has 0 spiro atoms. The molecule has 0 saturated heterocycles. The van der Waals surface area contributed by atoms with Crippen LogP contribution >= 0.6 is 23.8 Å². The van der Waals surface area contributed by atoms with Crippen LogP contribution in [-0.2, 0) is 9.53 Å². The van der Waals surface area contributed by atoms with Gasteiger partial charge in [0, 0.05) is 5.56 Å². The molecule has 0 saturated carbocycles. The fraction of sp³-hybridized carbons (Fsp3) is 0.167. The summed E-state index contributed by atoms with van der Waals surface area (Å²) in [6.45, 7) is 1.73. The molecule has 1 amide bonds. The molecular formula is C18H14ClNO3S. The third kappa shape index (κ3) is 2.60. The van der Waals surface area contributed by atoms with E-state index in [2.05, 4.69) is 0 Å². The van der Waals surface area contributed by atoms with Crippen LogP contribution in [0.5, 0.6) is 0 Å². The second-order valence-corrected chi connectivity index (χ2v) is 6.24. The Morgan fingerprint density at radius 2 is 1.88 bits per heavy atom. The number of ether oxygens (including phenoxy) is 1. The number of hydrogen-bond acceptors (Lipinski definition) is 4. The summed E-state index contributed by atoms with van der Waals surface area (Å²) in [5.41, 5.74) is 2.50. The van der Waals surface area contributed by atoms with Crippen LogP contribution in [0.15, 0.2) is 42.5 Å². The lowest BCUT2D eigenvalue weighted by Gasteiger charge is -2.19. The summed E-state index contributed by atoms with van der Waals surface area (Å²) in [5, 5.41) is 0.353. The minimum absolute atomic E-state index is 0.203. The van der Waals surface area contributed by atoms with Crippen molar-refractivity contribution >= 4 is 46.4 Å². The maximum atomic E-state index is 12.6. The van der Waals surface area contributed by atoms with Crippen molar-refractivity contribution < 1.29 is 14.3 Å². The number of amides is 1. The van der Waals surface area contributed by atoms with Gasteiger partial charge in [-0.05, 0) is 30.7 Å². The number of anilines is 1. The highest BCUT2D eigenvalue weighted by atomic mass is 35.5. The Kier molecular flexibility index (Phi) is 4.39. The zero-order chi connectivity index (χ0) is 17.4. The second-order valence-electron chi connectivity index (χ2n) is 5.45. The van der Waals surface area contributed by atoms with E-state index >= 15 is 0 Å². The zero-order valence-corrected chi connectivity index (χ0v) is 14.6. The molecule has 0 aromatic heterocycles. The number of methoxy groups -OCH3 is 1. The first-order chi connectivity index (χ1) is 11.5. The Morgan fingerprint density at radius 3 is 2.46 bits per heavy atom. The van der Waals surface area contributed by atoms with Gasteiger partial charge in [-0.3, -0.25) is 14.5 Å². The van der Waals surface area contributed by atoms with E-state index in [0.29, 0.717) is 26.8 Å². The standard InChI is InChI=1S/C18H14ClNO3S/c1-10(18(22)23-2)11-7-8-15(14(19)9-11)20-16(21)12-5-3-4-6-13(12)17(20)24/h3-10H,1-2H3. The van der Waals surface area contributed by atoms with Crippen molar-refractivity contribution in [3.8, 4) is 0 Å². The molecule has 0 bridgehead atoms. The van der Waals surface area contributed by atoms with Crippen LogP contribution in [0.3, 0.4) is 0 Å². The van der Waals surface area contributed by atoms with E-state index in [4.69, 9.17) is 28.6 Å². The number of thiocarbonyl (C=S) groups is 1. The summed E-state index contributed by atoms with van der Waals surface area (Å²) in [4.78, 5) is 26.2. The van der Waals surface area contributed by atoms with Crippen molar-refractivity contribution in [2.45, 2.75) is 12.8 Å². The van der Waals surface area contributed by atoms with Crippen molar-refractivity contribution in [1.29, 1.82) is 0 Å². The van der Waals surface area contributed by atoms with Crippen LogP contribution in [0.4, 0.5) is 5.69 Å². The van der Waals surface area contributed by atoms with Gasteiger partial charge in [0.15, 0.2) is 0 Å². The fourth-order valence-corrected chi connectivity index (χ4v) is 3.33. The minimum atomic E-state index is -0.444. The summed E-state index contributed by atoms with van der Waals surface area (Å²) in [5.74, 6) is -0.995. The Morgan fingerprint density at radius 1 is 1.21 bits per heavy atom. The van der Waals surface area contributed by atoms with Crippen LogP contribution < -0.4 is 4.90 Å². The molecule has 122 valence electrons. The fourth-order valence-electron chi connectivity index (χ4n) is 2.69. The lowest BCUT2D eigenvalue weighted by atomic mass is 10.0. The van der Waals surface area contributed by atoms with E-state index in [1.165, 1.54) is 12.0 Å². The van der Waals surface area contributed by atoms with E-state index in [-0.39, 0.29) is 11.9 Å². The lowest BCUT2D eigenvalue weighted by molar-refractivity contribution is -0.141. The Labute approximate surface area is 150 Å². The van der Waals surface area contributed by atoms with Crippen molar-refractivity contribution in [3.05, 3.63) is 64.2 Å². The number of halogens is 1. The van der Waals surface area contributed by atoms with Gasteiger partial charge in [-0.1, -0.05) is 48.1 Å². The molecule has 0 fully saturated rings. The van der Waals surface area contributed by atoms with E-state index in [1.807, 2.05) is 12.1 Å². The molecule has 24 heavy (non-hydrogen) atoms. The van der Waals surface area contributed by atoms with Gasteiger partial charge in [-0.15, -0.1) is 0 Å². The number of benzene rings is 2. The van der Waals surface area contributed by atoms with Crippen molar-refractivity contribution in [2.75, 3.05) is 12.0 Å². The van der Waals surface area contributed by atoms with Gasteiger partial charge in [0.1, 0.15) is 4.99 Å². The summed E-state index contributed by atoms with van der Waals surface area (Å²) in [6, 6.07) is 12.3. The van der Waals surface area contributed by atoms with Crippen LogP contribution in [-0.4, -0.2) is 24.0 Å². The number of nitrogens with zero attached hydrogens (tertiary/aromatic N) is 1. The molecule has 1 heterocycles. The number of hydrogen-bond donors (Lipinski definition) is 0. The number of carbonyl (C=O) groups is 2. The number of rotatable bonds is 3. The van der Waals surface area contributed by atoms with Crippen LogP contribution in [0.1, 0.15) is 34.3 Å². The number of carbonyl (C=O) groups excluding carboxylic acids is 2. The Bertz CT molecular complexity index is 830. The van der Waals surface area contributed by atoms with E-state index in [9.17, 15) is 9.59 Å². The average Bonchev–Trinajstić information content (AvgIpc) is 2.85. The smallest absolute Gasteiger partial charge is 0.312 e. The molecule has 1 unspecified atom stereocenters. The van der Waals surface area contributed by atoms with Crippen LogP contribution in [0.25, 0.3) is 0 Å². The first-order valence-corrected chi connectivity index (χ1v) is 8.09. The SMILES string of the molecule is COC(=O)C(C)c1ccc(N2C(=O)c3ccccc3C2=S)c(Cl)c1. The third-order valence-electron chi connectivity index (χ3n) is 4.06. The predicted molar refractivity (Wildman–Crippen MR) is 96.8 cm³/mol. The van der Waals surface area contributed by atoms with E-state index in [1.54, 1.807) is 37.3 Å². The van der Waals surface area contributed by atoms with Gasteiger partial charge in [-0.25, -0.2) is 0 Å². The van der Waals surface area contributed by atoms with Crippen LogP contribution in [0.2, 0.25) is 5.02 Å². The van der Waals surface area contributed by atoms with Gasteiger partial charge in [-0.2, -0.15) is 0 Å². The Balaban J connectivity index is 1.99. The minimum Gasteiger partial charge on any atom is -0.469 e. The third-order valence-corrected chi connectivity index (χ3v) is 4.77. The molecular weight excluding hydrogens is 346 g/mol. The van der Waals surface area contributed by atoms with Gasteiger partial charge >= 0.3 is 5.97 Å². The maximum Gasteiger partial charge on any atom is 0.312 e. The topological polar surface area (TPSA) is 46.6 Å². The van der Waals surface area contributed by atoms with E-state index < -0.39 is 5.92 Å². The molecule has 0 aliphatic carbocycles. The lowest BCUT2D eigenvalue weighted by Crippen LogP contribution is -2.29. The molecule has 1 atom stereocenters. The normalized spacial score (nSPS) is 14.5. The summed E-state index contributed by atoms with van der Waals surface area (Å²) in [6.07, 6.45) is 0. The van der Waals surface area contributed by atoms with E-state index in [0.717, 1.165) is 5.56 Å². The highest BCUT2D eigenvalue weighted by Gasteiger charge is 2.34. The van der Waals surface area contributed by atoms with Crippen molar-refractivity contribution in [3.63, 3.8) is 0 Å². The first-order valence-electron chi connectivity index (χ1n) is 7.30. The highest BCUT2D eigenvalue weighted by molar-refractivity contribution is 7.81. The molecule has 4 nitrogen and oxygen atoms in total. The van der Waals surface area contributed by atoms with Gasteiger partial charge < -0.3 is 4.74 Å². The average molecular weight is 360 g/mol. The van der Waals surface area contributed by atoms with Crippen molar-refractivity contribution in [1.82, 2.24) is 0 Å². The summed E-state index contributed by atoms with van der Waals surface area (Å²) in [7, 11) is 1.34. The molecule has 1 aliphatic rings. The molecule has 1 aliphatic heterocycles. The quantitative estimate of drug-likeness (QED) is 0.615. The molecule has 2 aromatic carbocycles. The predicted octanol–water partition coefficient (Wildman–Crippen LogP) is 3.95. The van der Waals surface area contributed by atoms with Crippen molar-refractivity contribution in [2.24, 2.45) is 0 Å². The second kappa shape index (κ2) is 6.34. The monoisotopic (exact) mass is 359 g/mol. The summed E-state index contributed by atoms with van der Waals surface area (Å²) < 4.78 is 4.75. The summed E-state index contributed by atoms with van der Waals surface area (Å²) >= 11 is 11.8. The largest absolute Gasteiger partial charge is 0.469 e. The Hall–Kier alpha value is -2.24. The van der Waals surface area contributed by atoms with Gasteiger partial charge in [0.05, 0.1) is 29.3 Å².